The first-order valence-corrected chi connectivity index (χ1v) is 7.30. The minimum atomic E-state index is -0.479. The van der Waals surface area contributed by atoms with Gasteiger partial charge in [-0.2, -0.15) is 0 Å². The molecule has 2 unspecified atom stereocenters. The predicted molar refractivity (Wildman–Crippen MR) is 72.6 cm³/mol. The van der Waals surface area contributed by atoms with Crippen LogP contribution in [0.25, 0.3) is 0 Å². The van der Waals surface area contributed by atoms with Gasteiger partial charge in [0.1, 0.15) is 4.34 Å². The van der Waals surface area contributed by atoms with Gasteiger partial charge < -0.3 is 5.11 Å². The lowest BCUT2D eigenvalue weighted by molar-refractivity contribution is 0.0994. The Hall–Kier alpha value is 0.240. The fraction of sp³-hybridized carbons (Fsp3) is 0.667. The Morgan fingerprint density at radius 1 is 1.38 bits per heavy atom. The molecule has 0 aromatic carbocycles. The van der Waals surface area contributed by atoms with Crippen molar-refractivity contribution < 1.29 is 5.11 Å². The van der Waals surface area contributed by atoms with E-state index in [1.165, 1.54) is 11.3 Å². The van der Waals surface area contributed by atoms with Gasteiger partial charge in [-0.15, -0.1) is 11.3 Å². The van der Waals surface area contributed by atoms with Crippen molar-refractivity contribution in [3.05, 3.63) is 20.3 Å². The van der Waals surface area contributed by atoms with Gasteiger partial charge in [-0.05, 0) is 18.4 Å². The van der Waals surface area contributed by atoms with E-state index in [1.54, 1.807) is 6.07 Å². The average Bonchev–Trinajstić information content (AvgIpc) is 2.58. The Bertz CT molecular complexity index is 325. The Morgan fingerprint density at radius 3 is 2.50 bits per heavy atom. The zero-order chi connectivity index (χ0) is 12.1. The van der Waals surface area contributed by atoms with Crippen molar-refractivity contribution in [2.75, 3.05) is 0 Å². The molecule has 1 rings (SSSR count). The van der Waals surface area contributed by atoms with Gasteiger partial charge in [0.2, 0.25) is 0 Å². The van der Waals surface area contributed by atoms with Crippen molar-refractivity contribution in [1.29, 1.82) is 0 Å². The molecular formula is C12H18Cl2OS. The van der Waals surface area contributed by atoms with Gasteiger partial charge in [0.25, 0.3) is 0 Å². The van der Waals surface area contributed by atoms with Crippen LogP contribution >= 0.6 is 34.5 Å². The number of hydrogen-bond donors (Lipinski definition) is 1. The van der Waals surface area contributed by atoms with E-state index in [2.05, 4.69) is 13.8 Å². The molecule has 0 aliphatic rings. The summed E-state index contributed by atoms with van der Waals surface area (Å²) in [6.45, 7) is 4.26. The summed E-state index contributed by atoms with van der Waals surface area (Å²) in [5, 5.41) is 10.3. The van der Waals surface area contributed by atoms with E-state index in [4.69, 9.17) is 23.2 Å². The second-order valence-electron chi connectivity index (χ2n) is 4.03. The number of aliphatic hydroxyl groups is 1. The van der Waals surface area contributed by atoms with Crippen LogP contribution in [0.4, 0.5) is 0 Å². The number of hydrogen-bond acceptors (Lipinski definition) is 2. The number of unbranched alkanes of at least 4 members (excludes halogenated alkanes) is 1. The molecule has 0 bridgehead atoms. The van der Waals surface area contributed by atoms with Gasteiger partial charge in [-0.25, -0.2) is 0 Å². The maximum Gasteiger partial charge on any atom is 0.100 e. The summed E-state index contributed by atoms with van der Waals surface area (Å²) in [6.07, 6.45) is 3.82. The first-order valence-electron chi connectivity index (χ1n) is 5.72. The van der Waals surface area contributed by atoms with Crippen LogP contribution in [0.5, 0.6) is 0 Å². The van der Waals surface area contributed by atoms with Crippen LogP contribution in [-0.4, -0.2) is 5.11 Å². The molecular weight excluding hydrogens is 263 g/mol. The maximum atomic E-state index is 10.3. The molecule has 0 aliphatic carbocycles. The summed E-state index contributed by atoms with van der Waals surface area (Å²) in [7, 11) is 0. The number of aliphatic hydroxyl groups excluding tert-OH is 1. The van der Waals surface area contributed by atoms with Crippen molar-refractivity contribution in [3.8, 4) is 0 Å². The molecule has 0 aliphatic heterocycles. The summed E-state index contributed by atoms with van der Waals surface area (Å²) in [4.78, 5) is 0. The van der Waals surface area contributed by atoms with Gasteiger partial charge in [0.15, 0.2) is 0 Å². The molecule has 0 fully saturated rings. The first kappa shape index (κ1) is 14.3. The molecule has 1 aromatic rings. The standard InChI is InChI=1S/C12H18Cl2OS/c1-3-5-6-8(4-2)11(15)9-7-10(13)16-12(9)14/h7-8,11,15H,3-6H2,1-2H3. The largest absolute Gasteiger partial charge is 0.388 e. The molecule has 0 saturated heterocycles. The molecule has 0 spiro atoms. The first-order chi connectivity index (χ1) is 7.60. The van der Waals surface area contributed by atoms with Gasteiger partial charge >= 0.3 is 0 Å². The number of rotatable bonds is 6. The lowest BCUT2D eigenvalue weighted by atomic mass is 9.90. The Balaban J connectivity index is 2.74. The second kappa shape index (κ2) is 6.85. The van der Waals surface area contributed by atoms with E-state index in [9.17, 15) is 5.11 Å². The fourth-order valence-electron chi connectivity index (χ4n) is 1.86. The van der Waals surface area contributed by atoms with Crippen LogP contribution in [0.1, 0.15) is 51.2 Å². The molecule has 0 amide bonds. The van der Waals surface area contributed by atoms with E-state index in [1.807, 2.05) is 0 Å². The maximum absolute atomic E-state index is 10.3. The van der Waals surface area contributed by atoms with Crippen LogP contribution in [0.3, 0.4) is 0 Å². The van der Waals surface area contributed by atoms with Crippen molar-refractivity contribution in [2.45, 2.75) is 45.6 Å². The predicted octanol–water partition coefficient (Wildman–Crippen LogP) is 5.30. The van der Waals surface area contributed by atoms with E-state index in [0.29, 0.717) is 8.67 Å². The third-order valence-corrected chi connectivity index (χ3v) is 4.42. The Labute approximate surface area is 111 Å². The van der Waals surface area contributed by atoms with Gasteiger partial charge in [0, 0.05) is 5.56 Å². The summed E-state index contributed by atoms with van der Waals surface area (Å²) in [5.74, 6) is 0.281. The molecule has 1 N–H and O–H groups in total. The monoisotopic (exact) mass is 280 g/mol. The molecule has 1 aromatic heterocycles. The zero-order valence-corrected chi connectivity index (χ0v) is 12.0. The molecule has 1 nitrogen and oxygen atoms in total. The van der Waals surface area contributed by atoms with Crippen LogP contribution in [0.2, 0.25) is 8.67 Å². The fourth-order valence-corrected chi connectivity index (χ4v) is 3.40. The van der Waals surface area contributed by atoms with Crippen LogP contribution in [0.15, 0.2) is 6.07 Å². The second-order valence-corrected chi connectivity index (χ2v) is 6.32. The summed E-state index contributed by atoms with van der Waals surface area (Å²) >= 11 is 13.3. The topological polar surface area (TPSA) is 20.2 Å². The van der Waals surface area contributed by atoms with E-state index in [0.717, 1.165) is 31.2 Å². The summed E-state index contributed by atoms with van der Waals surface area (Å²) in [6, 6.07) is 1.79. The quantitative estimate of drug-likeness (QED) is 0.749. The van der Waals surface area contributed by atoms with E-state index >= 15 is 0 Å². The lowest BCUT2D eigenvalue weighted by Crippen LogP contribution is -2.11. The molecule has 2 atom stereocenters. The minimum absolute atomic E-state index is 0.281. The van der Waals surface area contributed by atoms with Crippen molar-refractivity contribution in [3.63, 3.8) is 0 Å². The highest BCUT2D eigenvalue weighted by atomic mass is 35.5. The van der Waals surface area contributed by atoms with Crippen molar-refractivity contribution >= 4 is 34.5 Å². The summed E-state index contributed by atoms with van der Waals surface area (Å²) in [5.41, 5.74) is 0.791. The number of halogens is 2. The zero-order valence-electron chi connectivity index (χ0n) is 9.67. The number of thiophene rings is 1. The average molecular weight is 281 g/mol. The van der Waals surface area contributed by atoms with Crippen LogP contribution in [-0.2, 0) is 0 Å². The third kappa shape index (κ3) is 3.63. The van der Waals surface area contributed by atoms with Gasteiger partial charge in [-0.3, -0.25) is 0 Å². The van der Waals surface area contributed by atoms with E-state index in [-0.39, 0.29) is 5.92 Å². The smallest absolute Gasteiger partial charge is 0.100 e. The van der Waals surface area contributed by atoms with Gasteiger partial charge in [0.05, 0.1) is 10.4 Å². The molecule has 4 heteroatoms. The Morgan fingerprint density at radius 2 is 2.06 bits per heavy atom. The Kier molecular flexibility index (Phi) is 6.12. The minimum Gasteiger partial charge on any atom is -0.388 e. The molecule has 0 radical (unpaired) electrons. The van der Waals surface area contributed by atoms with Crippen LogP contribution in [0, 0.1) is 5.92 Å². The normalized spacial score (nSPS) is 15.1. The van der Waals surface area contributed by atoms with Crippen molar-refractivity contribution in [1.82, 2.24) is 0 Å². The lowest BCUT2D eigenvalue weighted by Gasteiger charge is -2.21. The third-order valence-electron chi connectivity index (χ3n) is 2.90. The molecule has 16 heavy (non-hydrogen) atoms. The highest BCUT2D eigenvalue weighted by Crippen LogP contribution is 2.39. The SMILES string of the molecule is CCCCC(CC)C(O)c1cc(Cl)sc1Cl. The molecule has 1 heterocycles. The van der Waals surface area contributed by atoms with Crippen LogP contribution < -0.4 is 0 Å². The van der Waals surface area contributed by atoms with E-state index < -0.39 is 6.10 Å². The summed E-state index contributed by atoms with van der Waals surface area (Å²) < 4.78 is 1.26. The highest BCUT2D eigenvalue weighted by Gasteiger charge is 2.22. The molecule has 0 saturated carbocycles. The van der Waals surface area contributed by atoms with Crippen molar-refractivity contribution in [2.24, 2.45) is 5.92 Å². The highest BCUT2D eigenvalue weighted by molar-refractivity contribution is 7.20. The van der Waals surface area contributed by atoms with Gasteiger partial charge in [-0.1, -0.05) is 56.3 Å². The molecule has 92 valence electrons.